The minimum Gasteiger partial charge on any atom is -0.350 e. The smallest absolute Gasteiger partial charge is 0.350 e. The van der Waals surface area contributed by atoms with E-state index in [1.54, 1.807) is 0 Å². The monoisotopic (exact) mass is 443 g/mol. The average Bonchev–Trinajstić information content (AvgIpc) is 3.23. The van der Waals surface area contributed by atoms with Gasteiger partial charge in [0.1, 0.15) is 6.04 Å². The fourth-order valence-corrected chi connectivity index (χ4v) is 3.73. The quantitative estimate of drug-likeness (QED) is 0.404. The third-order valence-corrected chi connectivity index (χ3v) is 5.37. The van der Waals surface area contributed by atoms with Crippen molar-refractivity contribution in [1.29, 1.82) is 0 Å². The van der Waals surface area contributed by atoms with Crippen molar-refractivity contribution < 1.29 is 32.8 Å². The summed E-state index contributed by atoms with van der Waals surface area (Å²) >= 11 is 0. The second-order valence-corrected chi connectivity index (χ2v) is 7.68. The lowest BCUT2D eigenvalue weighted by atomic mass is 9.96. The zero-order valence-corrected chi connectivity index (χ0v) is 17.4. The first kappa shape index (κ1) is 24.6. The first-order valence-corrected chi connectivity index (χ1v) is 10.3. The van der Waals surface area contributed by atoms with Crippen molar-refractivity contribution in [2.75, 3.05) is 6.54 Å². The molecule has 0 saturated carbocycles. The molecule has 2 atom stereocenters. The van der Waals surface area contributed by atoms with Crippen LogP contribution in [0.1, 0.15) is 56.6 Å². The molecule has 172 valence electrons. The van der Waals surface area contributed by atoms with Crippen molar-refractivity contribution in [2.45, 2.75) is 64.2 Å². The molecule has 0 unspecified atom stereocenters. The number of unbranched alkanes of at least 4 members (excludes halogenated alkanes) is 1. The number of nitrogens with one attached hydrogen (secondary N) is 2. The van der Waals surface area contributed by atoms with Crippen LogP contribution in [0.3, 0.4) is 0 Å². The van der Waals surface area contributed by atoms with Crippen LogP contribution >= 0.6 is 0 Å². The average molecular weight is 443 g/mol. The van der Waals surface area contributed by atoms with E-state index in [0.29, 0.717) is 31.4 Å². The summed E-state index contributed by atoms with van der Waals surface area (Å²) in [6.45, 7) is 2.23. The van der Waals surface area contributed by atoms with Crippen molar-refractivity contribution in [3.05, 3.63) is 35.4 Å². The largest absolute Gasteiger partial charge is 0.416 e. The second-order valence-electron chi connectivity index (χ2n) is 7.68. The Bertz CT molecular complexity index is 785. The van der Waals surface area contributed by atoms with Gasteiger partial charge in [-0.1, -0.05) is 31.9 Å². The molecule has 7 nitrogen and oxygen atoms in total. The van der Waals surface area contributed by atoms with E-state index in [1.807, 2.05) is 6.92 Å². The molecule has 0 radical (unpaired) electrons. The fourth-order valence-electron chi connectivity index (χ4n) is 3.73. The molecule has 3 amide bonds. The van der Waals surface area contributed by atoms with Crippen molar-refractivity contribution in [3.8, 4) is 0 Å². The van der Waals surface area contributed by atoms with Crippen LogP contribution in [0, 0.1) is 5.92 Å². The van der Waals surface area contributed by atoms with Crippen molar-refractivity contribution in [1.82, 2.24) is 15.7 Å². The Morgan fingerprint density at radius 3 is 2.68 bits per heavy atom. The SMILES string of the molecule is CCCC[C@H](CC(=O)NO)C(=O)N1CCC[C@H]1C(=O)NCc1cccc(C(F)(F)F)c1. The molecule has 1 aromatic carbocycles. The minimum absolute atomic E-state index is 0.0898. The number of hydrogen-bond acceptors (Lipinski definition) is 4. The van der Waals surface area contributed by atoms with Crippen LogP contribution in [0.25, 0.3) is 0 Å². The molecule has 1 heterocycles. The zero-order chi connectivity index (χ0) is 23.0. The predicted molar refractivity (Wildman–Crippen MR) is 106 cm³/mol. The van der Waals surface area contributed by atoms with Gasteiger partial charge in [0.15, 0.2) is 0 Å². The molecule has 0 aromatic heterocycles. The molecule has 10 heteroatoms. The van der Waals surface area contributed by atoms with Crippen LogP contribution in [0.5, 0.6) is 0 Å². The number of benzene rings is 1. The second kappa shape index (κ2) is 11.1. The maximum absolute atomic E-state index is 13.0. The van der Waals surface area contributed by atoms with Crippen molar-refractivity contribution >= 4 is 17.7 Å². The molecule has 1 aromatic rings. The lowest BCUT2D eigenvalue weighted by molar-refractivity contribution is -0.144. The third kappa shape index (κ3) is 6.95. The number of alkyl halides is 3. The fraction of sp³-hybridized carbons (Fsp3) is 0.571. The van der Waals surface area contributed by atoms with E-state index >= 15 is 0 Å². The van der Waals surface area contributed by atoms with Crippen LogP contribution in [0.2, 0.25) is 0 Å². The molecule has 0 aliphatic carbocycles. The van der Waals surface area contributed by atoms with E-state index in [-0.39, 0.29) is 18.9 Å². The topological polar surface area (TPSA) is 98.7 Å². The Balaban J connectivity index is 2.03. The van der Waals surface area contributed by atoms with Gasteiger partial charge in [-0.3, -0.25) is 19.6 Å². The van der Waals surface area contributed by atoms with E-state index in [2.05, 4.69) is 5.32 Å². The number of halogens is 3. The van der Waals surface area contributed by atoms with E-state index in [0.717, 1.165) is 25.0 Å². The number of carbonyl (C=O) groups excluding carboxylic acids is 3. The van der Waals surface area contributed by atoms with Gasteiger partial charge >= 0.3 is 6.18 Å². The number of hydroxylamine groups is 1. The Morgan fingerprint density at radius 1 is 1.29 bits per heavy atom. The molecule has 1 saturated heterocycles. The molecule has 0 spiro atoms. The van der Waals surface area contributed by atoms with Gasteiger partial charge in [0.25, 0.3) is 0 Å². The Morgan fingerprint density at radius 2 is 2.03 bits per heavy atom. The van der Waals surface area contributed by atoms with Crippen molar-refractivity contribution in [3.63, 3.8) is 0 Å². The van der Waals surface area contributed by atoms with Crippen LogP contribution in [-0.4, -0.2) is 40.4 Å². The number of hydrogen-bond donors (Lipinski definition) is 3. The summed E-state index contributed by atoms with van der Waals surface area (Å²) in [5.74, 6) is -2.08. The highest BCUT2D eigenvalue weighted by molar-refractivity contribution is 5.91. The molecule has 1 fully saturated rings. The van der Waals surface area contributed by atoms with E-state index < -0.39 is 35.5 Å². The summed E-state index contributed by atoms with van der Waals surface area (Å²) in [4.78, 5) is 38.7. The van der Waals surface area contributed by atoms with Gasteiger partial charge in [0, 0.05) is 25.4 Å². The first-order valence-electron chi connectivity index (χ1n) is 10.3. The Hall–Kier alpha value is -2.62. The molecular formula is C21H28F3N3O4. The van der Waals surface area contributed by atoms with Gasteiger partial charge in [-0.2, -0.15) is 13.2 Å². The summed E-state index contributed by atoms with van der Waals surface area (Å²) in [7, 11) is 0. The summed E-state index contributed by atoms with van der Waals surface area (Å²) in [6, 6.07) is 3.97. The number of nitrogens with zero attached hydrogens (tertiary/aromatic N) is 1. The summed E-state index contributed by atoms with van der Waals surface area (Å²) < 4.78 is 38.6. The van der Waals surface area contributed by atoms with Gasteiger partial charge in [0.05, 0.1) is 5.56 Å². The van der Waals surface area contributed by atoms with E-state index in [4.69, 9.17) is 5.21 Å². The van der Waals surface area contributed by atoms with Gasteiger partial charge in [0.2, 0.25) is 17.7 Å². The summed E-state index contributed by atoms with van der Waals surface area (Å²) in [6.07, 6.45) is -1.60. The summed E-state index contributed by atoms with van der Waals surface area (Å²) in [5.41, 5.74) is 1.05. The number of likely N-dealkylation sites (tertiary alicyclic amines) is 1. The van der Waals surface area contributed by atoms with Crippen LogP contribution in [0.4, 0.5) is 13.2 Å². The number of rotatable bonds is 9. The van der Waals surface area contributed by atoms with E-state index in [9.17, 15) is 27.6 Å². The lowest BCUT2D eigenvalue weighted by Crippen LogP contribution is -2.48. The minimum atomic E-state index is -4.47. The Kier molecular flexibility index (Phi) is 8.85. The molecule has 2 rings (SSSR count). The highest BCUT2D eigenvalue weighted by atomic mass is 19.4. The maximum Gasteiger partial charge on any atom is 0.416 e. The zero-order valence-electron chi connectivity index (χ0n) is 17.4. The standard InChI is InChI=1S/C21H28F3N3O4/c1-2-3-7-15(12-18(28)26-31)20(30)27-10-5-9-17(27)19(29)25-13-14-6-4-8-16(11-14)21(22,23)24/h4,6,8,11,15,17,31H,2-3,5,7,9-10,12-13H2,1H3,(H,25,29)(H,26,28)/t15-,17+/m1/s1. The molecule has 3 N–H and O–H groups in total. The highest BCUT2D eigenvalue weighted by Gasteiger charge is 2.37. The molecule has 1 aliphatic heterocycles. The van der Waals surface area contributed by atoms with Crippen LogP contribution in [0.15, 0.2) is 24.3 Å². The van der Waals surface area contributed by atoms with E-state index in [1.165, 1.54) is 22.5 Å². The van der Waals surface area contributed by atoms with Crippen LogP contribution in [-0.2, 0) is 27.1 Å². The van der Waals surface area contributed by atoms with Gasteiger partial charge in [-0.15, -0.1) is 0 Å². The van der Waals surface area contributed by atoms with Gasteiger partial charge in [-0.05, 0) is 37.0 Å². The normalized spacial score (nSPS) is 17.3. The van der Waals surface area contributed by atoms with Gasteiger partial charge in [-0.25, -0.2) is 5.48 Å². The third-order valence-electron chi connectivity index (χ3n) is 5.37. The number of carbonyl (C=O) groups is 3. The lowest BCUT2D eigenvalue weighted by Gasteiger charge is -2.28. The first-order chi connectivity index (χ1) is 14.7. The summed E-state index contributed by atoms with van der Waals surface area (Å²) in [5, 5.41) is 11.4. The molecule has 1 aliphatic rings. The van der Waals surface area contributed by atoms with Crippen LogP contribution < -0.4 is 10.8 Å². The molecule has 0 bridgehead atoms. The van der Waals surface area contributed by atoms with Gasteiger partial charge < -0.3 is 10.2 Å². The Labute approximate surface area is 178 Å². The predicted octanol–water partition coefficient (Wildman–Crippen LogP) is 3.01. The molecular weight excluding hydrogens is 415 g/mol. The maximum atomic E-state index is 13.0. The number of amides is 3. The highest BCUT2D eigenvalue weighted by Crippen LogP contribution is 2.29. The molecule has 31 heavy (non-hydrogen) atoms. The van der Waals surface area contributed by atoms with Crippen molar-refractivity contribution in [2.24, 2.45) is 5.92 Å².